The monoisotopic (exact) mass is 244 g/mol. The fraction of sp³-hybridized carbons (Fsp3) is 1.00. The number of nitrogens with zero attached hydrogens (tertiary/aromatic N) is 1. The van der Waals surface area contributed by atoms with Crippen molar-refractivity contribution in [2.75, 3.05) is 31.1 Å². The third-order valence-corrected chi connectivity index (χ3v) is 4.65. The maximum absolute atomic E-state index is 5.91. The van der Waals surface area contributed by atoms with Gasteiger partial charge in [-0.25, -0.2) is 0 Å². The van der Waals surface area contributed by atoms with E-state index in [0.29, 0.717) is 0 Å². The van der Waals surface area contributed by atoms with Gasteiger partial charge in [-0.1, -0.05) is 26.7 Å². The molecule has 2 nitrogen and oxygen atoms in total. The quantitative estimate of drug-likeness (QED) is 0.698. The van der Waals surface area contributed by atoms with E-state index >= 15 is 0 Å². The van der Waals surface area contributed by atoms with Crippen molar-refractivity contribution in [3.05, 3.63) is 0 Å². The molecule has 0 saturated heterocycles. The van der Waals surface area contributed by atoms with E-state index in [9.17, 15) is 0 Å². The summed E-state index contributed by atoms with van der Waals surface area (Å²) in [5.41, 5.74) is 5.91. The van der Waals surface area contributed by atoms with Crippen LogP contribution in [0.1, 0.15) is 39.5 Å². The van der Waals surface area contributed by atoms with Crippen molar-refractivity contribution >= 4 is 11.8 Å². The minimum Gasteiger partial charge on any atom is -0.330 e. The van der Waals surface area contributed by atoms with E-state index in [-0.39, 0.29) is 0 Å². The lowest BCUT2D eigenvalue weighted by Gasteiger charge is -2.39. The lowest BCUT2D eigenvalue weighted by molar-refractivity contribution is 0.119. The summed E-state index contributed by atoms with van der Waals surface area (Å²) in [6, 6.07) is 0.765. The van der Waals surface area contributed by atoms with E-state index in [0.717, 1.165) is 18.5 Å². The van der Waals surface area contributed by atoms with Crippen LogP contribution in [-0.2, 0) is 0 Å². The second-order valence-corrected chi connectivity index (χ2v) is 6.07. The van der Waals surface area contributed by atoms with Crippen LogP contribution in [0, 0.1) is 5.92 Å². The first-order chi connectivity index (χ1) is 7.83. The highest BCUT2D eigenvalue weighted by Crippen LogP contribution is 2.27. The molecule has 2 unspecified atom stereocenters. The van der Waals surface area contributed by atoms with Crippen molar-refractivity contribution in [3.63, 3.8) is 0 Å². The molecule has 0 aromatic carbocycles. The zero-order chi connectivity index (χ0) is 11.8. The maximum atomic E-state index is 5.91. The molecule has 0 radical (unpaired) electrons. The van der Waals surface area contributed by atoms with Crippen LogP contribution in [0.5, 0.6) is 0 Å². The Balaban J connectivity index is 2.41. The van der Waals surface area contributed by atoms with Crippen LogP contribution in [0.4, 0.5) is 0 Å². The lowest BCUT2D eigenvalue weighted by Crippen LogP contribution is -2.45. The third kappa shape index (κ3) is 4.27. The molecule has 0 spiro atoms. The molecular weight excluding hydrogens is 216 g/mol. The molecule has 0 aliphatic heterocycles. The first kappa shape index (κ1) is 14.3. The van der Waals surface area contributed by atoms with Gasteiger partial charge in [-0.3, -0.25) is 4.90 Å². The predicted molar refractivity (Wildman–Crippen MR) is 75.0 cm³/mol. The van der Waals surface area contributed by atoms with Crippen molar-refractivity contribution < 1.29 is 0 Å². The molecule has 1 saturated carbocycles. The molecule has 1 rings (SSSR count). The summed E-state index contributed by atoms with van der Waals surface area (Å²) >= 11 is 2.05. The number of hydrogen-bond donors (Lipinski definition) is 1. The Bertz CT molecular complexity index is 175. The zero-order valence-corrected chi connectivity index (χ0v) is 11.8. The van der Waals surface area contributed by atoms with Gasteiger partial charge in [-0.15, -0.1) is 0 Å². The van der Waals surface area contributed by atoms with E-state index in [4.69, 9.17) is 5.73 Å². The van der Waals surface area contributed by atoms with Crippen molar-refractivity contribution in [1.29, 1.82) is 0 Å². The molecule has 2 N–H and O–H groups in total. The highest BCUT2D eigenvalue weighted by atomic mass is 32.2. The Morgan fingerprint density at radius 1 is 1.25 bits per heavy atom. The molecule has 0 aromatic heterocycles. The summed E-state index contributed by atoms with van der Waals surface area (Å²) in [5.74, 6) is 3.26. The molecule has 96 valence electrons. The van der Waals surface area contributed by atoms with Gasteiger partial charge in [0.1, 0.15) is 0 Å². The summed E-state index contributed by atoms with van der Waals surface area (Å²) in [4.78, 5) is 2.67. The lowest BCUT2D eigenvalue weighted by atomic mass is 9.83. The van der Waals surface area contributed by atoms with Crippen molar-refractivity contribution in [3.8, 4) is 0 Å². The predicted octanol–water partition coefficient (Wildman–Crippen LogP) is 2.58. The SMILES string of the molecule is CCSCCN(CC)C1CCCCC1CN. The van der Waals surface area contributed by atoms with Gasteiger partial charge >= 0.3 is 0 Å². The second-order valence-electron chi connectivity index (χ2n) is 4.67. The van der Waals surface area contributed by atoms with Crippen LogP contribution in [0.3, 0.4) is 0 Å². The Morgan fingerprint density at radius 3 is 2.62 bits per heavy atom. The molecule has 3 heteroatoms. The first-order valence-corrected chi connectivity index (χ1v) is 8.00. The van der Waals surface area contributed by atoms with Gasteiger partial charge in [-0.05, 0) is 37.6 Å². The van der Waals surface area contributed by atoms with Gasteiger partial charge in [0, 0.05) is 18.3 Å². The van der Waals surface area contributed by atoms with Gasteiger partial charge in [0.25, 0.3) is 0 Å². The van der Waals surface area contributed by atoms with E-state index < -0.39 is 0 Å². The summed E-state index contributed by atoms with van der Waals surface area (Å²) < 4.78 is 0. The molecule has 0 bridgehead atoms. The summed E-state index contributed by atoms with van der Waals surface area (Å²) in [7, 11) is 0. The second kappa shape index (κ2) is 8.37. The molecule has 16 heavy (non-hydrogen) atoms. The van der Waals surface area contributed by atoms with Gasteiger partial charge in [-0.2, -0.15) is 11.8 Å². The molecule has 2 atom stereocenters. The standard InChI is InChI=1S/C13H28N2S/c1-3-15(9-10-16-4-2)13-8-6-5-7-12(13)11-14/h12-13H,3-11,14H2,1-2H3. The fourth-order valence-electron chi connectivity index (χ4n) is 2.83. The van der Waals surface area contributed by atoms with Crippen LogP contribution < -0.4 is 5.73 Å². The molecule has 0 aromatic rings. The van der Waals surface area contributed by atoms with Gasteiger partial charge < -0.3 is 5.73 Å². The van der Waals surface area contributed by atoms with Crippen molar-refractivity contribution in [1.82, 2.24) is 4.90 Å². The Labute approximate surface area is 105 Å². The molecule has 0 heterocycles. The summed E-state index contributed by atoms with van der Waals surface area (Å²) in [6.07, 6.45) is 5.50. The minimum atomic E-state index is 0.750. The average molecular weight is 244 g/mol. The van der Waals surface area contributed by atoms with E-state index in [1.54, 1.807) is 0 Å². The average Bonchev–Trinajstić information content (AvgIpc) is 2.35. The largest absolute Gasteiger partial charge is 0.330 e. The van der Waals surface area contributed by atoms with Crippen LogP contribution in [0.15, 0.2) is 0 Å². The van der Waals surface area contributed by atoms with E-state index in [1.807, 2.05) is 0 Å². The zero-order valence-electron chi connectivity index (χ0n) is 11.0. The number of thioether (sulfide) groups is 1. The smallest absolute Gasteiger partial charge is 0.0136 e. The molecule has 1 fully saturated rings. The third-order valence-electron chi connectivity index (χ3n) is 3.77. The van der Waals surface area contributed by atoms with Gasteiger partial charge in [0.15, 0.2) is 0 Å². The van der Waals surface area contributed by atoms with Gasteiger partial charge in [0.05, 0.1) is 0 Å². The van der Waals surface area contributed by atoms with Crippen molar-refractivity contribution in [2.24, 2.45) is 11.7 Å². The Kier molecular flexibility index (Phi) is 7.50. The summed E-state index contributed by atoms with van der Waals surface area (Å²) in [6.45, 7) is 7.84. The maximum Gasteiger partial charge on any atom is 0.0136 e. The van der Waals surface area contributed by atoms with Crippen LogP contribution in [-0.4, -0.2) is 42.1 Å². The van der Waals surface area contributed by atoms with Gasteiger partial charge in [0.2, 0.25) is 0 Å². The van der Waals surface area contributed by atoms with E-state index in [1.165, 1.54) is 50.3 Å². The minimum absolute atomic E-state index is 0.750. The number of nitrogens with two attached hydrogens (primary N) is 1. The number of hydrogen-bond acceptors (Lipinski definition) is 3. The van der Waals surface area contributed by atoms with Crippen LogP contribution in [0.25, 0.3) is 0 Å². The molecular formula is C13H28N2S. The Morgan fingerprint density at radius 2 is 2.00 bits per heavy atom. The normalized spacial score (nSPS) is 26.2. The van der Waals surface area contributed by atoms with Crippen LogP contribution in [0.2, 0.25) is 0 Å². The molecule has 1 aliphatic carbocycles. The molecule has 1 aliphatic rings. The first-order valence-electron chi connectivity index (χ1n) is 6.85. The fourth-order valence-corrected chi connectivity index (χ4v) is 3.48. The highest BCUT2D eigenvalue weighted by molar-refractivity contribution is 7.99. The number of rotatable bonds is 7. The van der Waals surface area contributed by atoms with Crippen molar-refractivity contribution in [2.45, 2.75) is 45.6 Å². The Hall–Kier alpha value is 0.270. The topological polar surface area (TPSA) is 29.3 Å². The van der Waals surface area contributed by atoms with E-state index in [2.05, 4.69) is 30.5 Å². The summed E-state index contributed by atoms with van der Waals surface area (Å²) in [5, 5.41) is 0. The van der Waals surface area contributed by atoms with Crippen LogP contribution >= 0.6 is 11.8 Å². The molecule has 0 amide bonds. The highest BCUT2D eigenvalue weighted by Gasteiger charge is 2.27.